The van der Waals surface area contributed by atoms with Crippen molar-refractivity contribution in [2.75, 3.05) is 6.61 Å². The zero-order chi connectivity index (χ0) is 17.5. The Morgan fingerprint density at radius 1 is 1.17 bits per heavy atom. The van der Waals surface area contributed by atoms with E-state index in [2.05, 4.69) is 4.74 Å². The van der Waals surface area contributed by atoms with Crippen LogP contribution in [0.2, 0.25) is 4.34 Å². The van der Waals surface area contributed by atoms with Crippen LogP contribution in [0.25, 0.3) is 6.08 Å². The number of ketones is 1. The maximum atomic E-state index is 12.0. The number of carbonyl (C=O) groups excluding carboxylic acids is 2. The Morgan fingerprint density at radius 2 is 1.88 bits per heavy atom. The number of halogens is 3. The van der Waals surface area contributed by atoms with Gasteiger partial charge in [0.05, 0.1) is 9.21 Å². The van der Waals surface area contributed by atoms with Crippen LogP contribution < -0.4 is 4.74 Å². The largest absolute Gasteiger partial charge is 0.454 e. The highest BCUT2D eigenvalue weighted by atomic mass is 35.5. The van der Waals surface area contributed by atoms with Crippen molar-refractivity contribution in [1.29, 1.82) is 0 Å². The van der Waals surface area contributed by atoms with Gasteiger partial charge < -0.3 is 9.47 Å². The van der Waals surface area contributed by atoms with E-state index in [-0.39, 0.29) is 18.1 Å². The summed E-state index contributed by atoms with van der Waals surface area (Å²) in [7, 11) is 0. The van der Waals surface area contributed by atoms with Crippen molar-refractivity contribution in [3.63, 3.8) is 0 Å². The smallest absolute Gasteiger partial charge is 0.387 e. The van der Waals surface area contributed by atoms with Crippen molar-refractivity contribution < 1.29 is 27.8 Å². The summed E-state index contributed by atoms with van der Waals surface area (Å²) in [5.74, 6) is -1.02. The lowest BCUT2D eigenvalue weighted by Crippen LogP contribution is -2.11. The highest BCUT2D eigenvalue weighted by molar-refractivity contribution is 7.18. The van der Waals surface area contributed by atoms with Gasteiger partial charge >= 0.3 is 12.6 Å². The first-order chi connectivity index (χ1) is 11.4. The van der Waals surface area contributed by atoms with Gasteiger partial charge in [-0.1, -0.05) is 23.7 Å². The summed E-state index contributed by atoms with van der Waals surface area (Å²) in [6.45, 7) is -3.28. The molecular formula is C16H11ClF2O4S. The Hall–Kier alpha value is -2.25. The van der Waals surface area contributed by atoms with Crippen LogP contribution in [-0.2, 0) is 9.53 Å². The van der Waals surface area contributed by atoms with Crippen molar-refractivity contribution in [3.8, 4) is 5.75 Å². The van der Waals surface area contributed by atoms with Gasteiger partial charge in [-0.3, -0.25) is 4.79 Å². The van der Waals surface area contributed by atoms with Crippen LogP contribution in [0.5, 0.6) is 5.75 Å². The first-order valence-electron chi connectivity index (χ1n) is 6.62. The molecule has 1 aromatic heterocycles. The van der Waals surface area contributed by atoms with Crippen LogP contribution in [0.1, 0.15) is 15.2 Å². The molecule has 8 heteroatoms. The summed E-state index contributed by atoms with van der Waals surface area (Å²) >= 11 is 6.82. The van der Waals surface area contributed by atoms with E-state index in [4.69, 9.17) is 16.3 Å². The van der Waals surface area contributed by atoms with Gasteiger partial charge in [-0.25, -0.2) is 4.79 Å². The molecule has 1 aromatic carbocycles. The molecule has 0 saturated heterocycles. The Kier molecular flexibility index (Phi) is 6.45. The molecule has 0 saturated carbocycles. The minimum atomic E-state index is -2.89. The predicted molar refractivity (Wildman–Crippen MR) is 86.7 cm³/mol. The van der Waals surface area contributed by atoms with Crippen molar-refractivity contribution >= 4 is 40.8 Å². The van der Waals surface area contributed by atoms with Crippen LogP contribution in [-0.4, -0.2) is 25.0 Å². The number of Topliss-reactive ketones (excluding diaryl/α,β-unsaturated/α-hetero) is 1. The Bertz CT molecular complexity index is 741. The molecule has 2 rings (SSSR count). The number of alkyl halides is 2. The van der Waals surface area contributed by atoms with E-state index in [1.165, 1.54) is 30.3 Å². The third-order valence-corrected chi connectivity index (χ3v) is 3.98. The number of rotatable bonds is 7. The lowest BCUT2D eigenvalue weighted by molar-refractivity contribution is -0.136. The van der Waals surface area contributed by atoms with E-state index in [0.717, 1.165) is 17.4 Å². The van der Waals surface area contributed by atoms with E-state index in [1.807, 2.05) is 0 Å². The van der Waals surface area contributed by atoms with Gasteiger partial charge in [0.15, 0.2) is 6.61 Å². The van der Waals surface area contributed by atoms with E-state index in [9.17, 15) is 18.4 Å². The molecule has 126 valence electrons. The fourth-order valence-electron chi connectivity index (χ4n) is 1.64. The van der Waals surface area contributed by atoms with Gasteiger partial charge in [-0.15, -0.1) is 11.3 Å². The number of hydrogen-bond acceptors (Lipinski definition) is 5. The van der Waals surface area contributed by atoms with E-state index in [1.54, 1.807) is 12.1 Å². The van der Waals surface area contributed by atoms with Crippen LogP contribution in [0.15, 0.2) is 42.5 Å². The molecule has 0 radical (unpaired) electrons. The number of ether oxygens (including phenoxy) is 2. The van der Waals surface area contributed by atoms with E-state index >= 15 is 0 Å². The number of benzene rings is 1. The monoisotopic (exact) mass is 372 g/mol. The second-order valence-corrected chi connectivity index (χ2v) is 6.13. The average Bonchev–Trinajstić information content (AvgIpc) is 2.98. The fraction of sp³-hybridized carbons (Fsp3) is 0.125. The normalized spacial score (nSPS) is 11.0. The molecule has 0 N–H and O–H groups in total. The molecule has 4 nitrogen and oxygen atoms in total. The second-order valence-electron chi connectivity index (χ2n) is 4.42. The molecule has 0 atom stereocenters. The van der Waals surface area contributed by atoms with Crippen LogP contribution in [0, 0.1) is 0 Å². The molecule has 0 bridgehead atoms. The lowest BCUT2D eigenvalue weighted by atomic mass is 10.2. The van der Waals surface area contributed by atoms with E-state index in [0.29, 0.717) is 14.8 Å². The zero-order valence-electron chi connectivity index (χ0n) is 12.1. The molecule has 0 unspecified atom stereocenters. The molecule has 0 aliphatic heterocycles. The number of carbonyl (C=O) groups is 2. The van der Waals surface area contributed by atoms with Gasteiger partial charge in [0, 0.05) is 6.08 Å². The Morgan fingerprint density at radius 3 is 2.46 bits per heavy atom. The van der Waals surface area contributed by atoms with Crippen molar-refractivity contribution in [2.45, 2.75) is 6.61 Å². The first-order valence-corrected chi connectivity index (χ1v) is 7.82. The molecule has 24 heavy (non-hydrogen) atoms. The van der Waals surface area contributed by atoms with Crippen molar-refractivity contribution in [2.24, 2.45) is 0 Å². The lowest BCUT2D eigenvalue weighted by Gasteiger charge is -2.03. The zero-order valence-corrected chi connectivity index (χ0v) is 13.7. The first kappa shape index (κ1) is 18.1. The average molecular weight is 373 g/mol. The highest BCUT2D eigenvalue weighted by Crippen LogP contribution is 2.21. The summed E-state index contributed by atoms with van der Waals surface area (Å²) in [5, 5.41) is 0. The summed E-state index contributed by atoms with van der Waals surface area (Å²) in [6, 6.07) is 8.84. The second kappa shape index (κ2) is 8.56. The summed E-state index contributed by atoms with van der Waals surface area (Å²) < 4.78 is 33.5. The number of hydrogen-bond donors (Lipinski definition) is 0. The molecule has 0 aliphatic carbocycles. The predicted octanol–water partition coefficient (Wildman–Crippen LogP) is 4.44. The molecule has 0 fully saturated rings. The number of esters is 1. The van der Waals surface area contributed by atoms with Gasteiger partial charge in [-0.05, 0) is 35.9 Å². The molecule has 0 aliphatic rings. The topological polar surface area (TPSA) is 52.6 Å². The van der Waals surface area contributed by atoms with Crippen LogP contribution >= 0.6 is 22.9 Å². The minimum Gasteiger partial charge on any atom is -0.454 e. The molecular weight excluding hydrogens is 362 g/mol. The Balaban J connectivity index is 1.83. The van der Waals surface area contributed by atoms with Crippen molar-refractivity contribution in [3.05, 3.63) is 57.3 Å². The number of thiophene rings is 1. The van der Waals surface area contributed by atoms with Crippen LogP contribution in [0.4, 0.5) is 8.78 Å². The van der Waals surface area contributed by atoms with Gasteiger partial charge in [0.2, 0.25) is 5.78 Å². The Labute approximate surface area is 145 Å². The molecule has 2 aromatic rings. The summed E-state index contributed by atoms with van der Waals surface area (Å²) in [4.78, 5) is 23.7. The van der Waals surface area contributed by atoms with Gasteiger partial charge in [0.1, 0.15) is 5.75 Å². The maximum Gasteiger partial charge on any atom is 0.387 e. The van der Waals surface area contributed by atoms with Gasteiger partial charge in [0.25, 0.3) is 0 Å². The maximum absolute atomic E-state index is 12.0. The standard InChI is InChI=1S/C16H11ClF2O4S/c17-14-7-6-13(24-14)12(20)9-22-15(21)8-3-10-1-4-11(5-2-10)23-16(18)19/h1-8,16H,9H2. The van der Waals surface area contributed by atoms with Crippen molar-refractivity contribution in [1.82, 2.24) is 0 Å². The molecule has 0 spiro atoms. The minimum absolute atomic E-state index is 0.0185. The highest BCUT2D eigenvalue weighted by Gasteiger charge is 2.10. The third-order valence-electron chi connectivity index (χ3n) is 2.71. The fourth-order valence-corrected chi connectivity index (χ4v) is 2.61. The van der Waals surface area contributed by atoms with Crippen LogP contribution in [0.3, 0.4) is 0 Å². The summed E-state index contributed by atoms with van der Waals surface area (Å²) in [6.07, 6.45) is 2.57. The third kappa shape index (κ3) is 5.75. The summed E-state index contributed by atoms with van der Waals surface area (Å²) in [5.41, 5.74) is 0.588. The van der Waals surface area contributed by atoms with Gasteiger partial charge in [-0.2, -0.15) is 8.78 Å². The quantitative estimate of drug-likeness (QED) is 0.409. The molecule has 0 amide bonds. The SMILES string of the molecule is O=C(C=Cc1ccc(OC(F)F)cc1)OCC(=O)c1ccc(Cl)s1. The van der Waals surface area contributed by atoms with E-state index < -0.39 is 12.6 Å². The molecule has 1 heterocycles.